The van der Waals surface area contributed by atoms with Crippen LogP contribution in [0.3, 0.4) is 0 Å². The Hall–Kier alpha value is -2.36. The zero-order valence-electron chi connectivity index (χ0n) is 15.1. The normalized spacial score (nSPS) is 15.3. The molecule has 1 heterocycles. The number of hydrogen-bond donors (Lipinski definition) is 2. The lowest BCUT2D eigenvalue weighted by atomic mass is 10.1. The number of rotatable bonds is 5. The van der Waals surface area contributed by atoms with Gasteiger partial charge in [0.1, 0.15) is 5.57 Å². The van der Waals surface area contributed by atoms with Crippen LogP contribution in [0.25, 0.3) is 6.08 Å². The molecule has 0 aliphatic carbocycles. The molecule has 12 heteroatoms. The first kappa shape index (κ1) is 23.3. The summed E-state index contributed by atoms with van der Waals surface area (Å²) in [4.78, 5) is 37.2. The quantitative estimate of drug-likeness (QED) is 0.340. The molecule has 2 amide bonds. The third-order valence-electron chi connectivity index (χ3n) is 3.95. The summed E-state index contributed by atoms with van der Waals surface area (Å²) in [6.07, 6.45) is 1.25. The molecule has 0 radical (unpaired) electrons. The van der Waals surface area contributed by atoms with Gasteiger partial charge in [0.15, 0.2) is 17.5 Å². The van der Waals surface area contributed by atoms with E-state index in [0.717, 1.165) is 4.90 Å². The van der Waals surface area contributed by atoms with Crippen molar-refractivity contribution in [3.63, 3.8) is 0 Å². The van der Waals surface area contributed by atoms with E-state index in [-0.39, 0.29) is 42.2 Å². The maximum Gasteiger partial charge on any atom is 0.341 e. The number of thiocarbonyl (C=S) groups is 1. The number of carbonyl (C=O) groups is 3. The number of hydrogen-bond acceptors (Lipinski definition) is 5. The van der Waals surface area contributed by atoms with Crippen LogP contribution in [-0.4, -0.2) is 34.6 Å². The van der Waals surface area contributed by atoms with Crippen molar-refractivity contribution in [1.82, 2.24) is 5.32 Å². The molecule has 160 valence electrons. The molecule has 3 rings (SSSR count). The highest BCUT2D eigenvalue weighted by Crippen LogP contribution is 2.36. The fourth-order valence-electron chi connectivity index (χ4n) is 2.64. The van der Waals surface area contributed by atoms with Crippen LogP contribution in [0.2, 0.25) is 20.1 Å². The number of nitrogens with one attached hydrogen (secondary N) is 1. The Kier molecular flexibility index (Phi) is 7.08. The van der Waals surface area contributed by atoms with Crippen molar-refractivity contribution in [1.29, 1.82) is 0 Å². The average Bonchev–Trinajstić information content (AvgIpc) is 2.67. The highest BCUT2D eigenvalue weighted by molar-refractivity contribution is 7.80. The van der Waals surface area contributed by atoms with Crippen LogP contribution >= 0.6 is 58.6 Å². The van der Waals surface area contributed by atoms with Gasteiger partial charge in [0.05, 0.1) is 25.8 Å². The third-order valence-corrected chi connectivity index (χ3v) is 5.60. The second-order valence-electron chi connectivity index (χ2n) is 6.03. The van der Waals surface area contributed by atoms with Gasteiger partial charge in [0.25, 0.3) is 11.8 Å². The molecule has 0 aromatic heterocycles. The summed E-state index contributed by atoms with van der Waals surface area (Å²) < 4.78 is 5.05. The van der Waals surface area contributed by atoms with Gasteiger partial charge in [-0.15, -0.1) is 0 Å². The molecule has 0 bridgehead atoms. The second kappa shape index (κ2) is 9.42. The van der Waals surface area contributed by atoms with Gasteiger partial charge in [-0.25, -0.2) is 4.79 Å². The van der Waals surface area contributed by atoms with E-state index in [2.05, 4.69) is 5.32 Å². The van der Waals surface area contributed by atoms with E-state index in [4.69, 9.17) is 68.5 Å². The minimum atomic E-state index is -1.21. The minimum absolute atomic E-state index is 0.00507. The Balaban J connectivity index is 2.00. The number of aliphatic carboxylic acids is 1. The van der Waals surface area contributed by atoms with Gasteiger partial charge in [-0.3, -0.25) is 19.8 Å². The Morgan fingerprint density at radius 3 is 2.39 bits per heavy atom. The summed E-state index contributed by atoms with van der Waals surface area (Å²) in [6, 6.07) is 7.37. The van der Waals surface area contributed by atoms with Gasteiger partial charge in [0.2, 0.25) is 0 Å². The number of nitrogens with zero attached hydrogens (tertiary/aromatic N) is 1. The summed E-state index contributed by atoms with van der Waals surface area (Å²) in [6.45, 7) is -0.645. The van der Waals surface area contributed by atoms with Gasteiger partial charge in [0, 0.05) is 0 Å². The zero-order valence-corrected chi connectivity index (χ0v) is 19.0. The Morgan fingerprint density at radius 2 is 1.77 bits per heavy atom. The molecule has 1 saturated heterocycles. The van der Waals surface area contributed by atoms with E-state index in [9.17, 15) is 14.4 Å². The summed E-state index contributed by atoms with van der Waals surface area (Å²) in [7, 11) is 0. The molecule has 7 nitrogen and oxygen atoms in total. The average molecular weight is 520 g/mol. The number of amides is 2. The number of carbonyl (C=O) groups excluding carboxylic acids is 2. The van der Waals surface area contributed by atoms with Gasteiger partial charge in [-0.1, -0.05) is 52.5 Å². The first-order valence-electron chi connectivity index (χ1n) is 8.29. The largest absolute Gasteiger partial charge is 0.479 e. The fourth-order valence-corrected chi connectivity index (χ4v) is 3.91. The van der Waals surface area contributed by atoms with Crippen LogP contribution in [0.1, 0.15) is 5.56 Å². The Bertz CT molecular complexity index is 1140. The Morgan fingerprint density at radius 1 is 1.13 bits per heavy atom. The predicted molar refractivity (Wildman–Crippen MR) is 122 cm³/mol. The monoisotopic (exact) mass is 518 g/mol. The molecular formula is C19H10Cl4N2O5S. The minimum Gasteiger partial charge on any atom is -0.479 e. The second-order valence-corrected chi connectivity index (χ2v) is 8.01. The lowest BCUT2D eigenvalue weighted by Crippen LogP contribution is -2.54. The van der Waals surface area contributed by atoms with Crippen LogP contribution in [0, 0.1) is 0 Å². The molecule has 1 aliphatic heterocycles. The third kappa shape index (κ3) is 4.94. The zero-order chi connectivity index (χ0) is 22.9. The van der Waals surface area contributed by atoms with Crippen molar-refractivity contribution in [2.45, 2.75) is 0 Å². The maximum absolute atomic E-state index is 13.1. The fraction of sp³-hybridized carbons (Fsp3) is 0.0526. The number of carboxylic acid groups (broad SMARTS) is 1. The first-order chi connectivity index (χ1) is 14.6. The Labute approximate surface area is 201 Å². The molecule has 0 saturated carbocycles. The number of anilines is 1. The van der Waals surface area contributed by atoms with Crippen LogP contribution in [0.15, 0.2) is 35.9 Å². The number of carboxylic acids is 1. The summed E-state index contributed by atoms with van der Waals surface area (Å²) >= 11 is 29.6. The number of halogens is 4. The van der Waals surface area contributed by atoms with Gasteiger partial charge >= 0.3 is 5.97 Å². The summed E-state index contributed by atoms with van der Waals surface area (Å²) in [5, 5.41) is 11.3. The van der Waals surface area contributed by atoms with E-state index < -0.39 is 24.4 Å². The highest BCUT2D eigenvalue weighted by Gasteiger charge is 2.35. The number of benzene rings is 2. The first-order valence-corrected chi connectivity index (χ1v) is 10.2. The molecule has 2 aromatic rings. The lowest BCUT2D eigenvalue weighted by molar-refractivity contribution is -0.139. The lowest BCUT2D eigenvalue weighted by Gasteiger charge is -2.29. The van der Waals surface area contributed by atoms with Crippen molar-refractivity contribution in [2.24, 2.45) is 0 Å². The van der Waals surface area contributed by atoms with E-state index in [1.54, 1.807) is 6.07 Å². The molecular weight excluding hydrogens is 510 g/mol. The molecule has 0 atom stereocenters. The molecule has 2 N–H and O–H groups in total. The van der Waals surface area contributed by atoms with Crippen LogP contribution < -0.4 is 15.0 Å². The van der Waals surface area contributed by atoms with E-state index >= 15 is 0 Å². The van der Waals surface area contributed by atoms with Crippen molar-refractivity contribution in [3.05, 3.63) is 61.6 Å². The molecule has 31 heavy (non-hydrogen) atoms. The summed E-state index contributed by atoms with van der Waals surface area (Å²) in [5.74, 6) is -2.72. The molecule has 1 fully saturated rings. The van der Waals surface area contributed by atoms with Crippen molar-refractivity contribution in [3.8, 4) is 5.75 Å². The molecule has 1 aliphatic rings. The van der Waals surface area contributed by atoms with Crippen LogP contribution in [-0.2, 0) is 14.4 Å². The van der Waals surface area contributed by atoms with Crippen molar-refractivity contribution in [2.75, 3.05) is 11.5 Å². The van der Waals surface area contributed by atoms with Gasteiger partial charge in [-0.2, -0.15) is 0 Å². The smallest absolute Gasteiger partial charge is 0.341 e. The van der Waals surface area contributed by atoms with Crippen LogP contribution in [0.4, 0.5) is 5.69 Å². The van der Waals surface area contributed by atoms with Crippen molar-refractivity contribution < 1.29 is 24.2 Å². The van der Waals surface area contributed by atoms with Crippen molar-refractivity contribution >= 4 is 93.3 Å². The van der Waals surface area contributed by atoms with E-state index in [1.165, 1.54) is 30.3 Å². The number of ether oxygens (including phenoxy) is 1. The standard InChI is InChI=1S/C19H10Cl4N2O5S/c20-10-2-1-3-13(15(10)23)25-18(29)9(17(28)24-19(25)31)4-8-5-11(21)16(12(22)6-8)30-7-14(26)27/h1-6H,7H2,(H,26,27)(H,24,28,31)/b9-4+. The highest BCUT2D eigenvalue weighted by atomic mass is 35.5. The predicted octanol–water partition coefficient (Wildman–Crippen LogP) is 4.59. The SMILES string of the molecule is O=C(O)COc1c(Cl)cc(/C=C2\C(=O)NC(=S)N(c3cccc(Cl)c3Cl)C2=O)cc1Cl. The maximum atomic E-state index is 13.1. The van der Waals surface area contributed by atoms with Gasteiger partial charge in [-0.05, 0) is 48.1 Å². The van der Waals surface area contributed by atoms with E-state index in [0.29, 0.717) is 5.56 Å². The molecule has 0 unspecified atom stereocenters. The molecule has 0 spiro atoms. The van der Waals surface area contributed by atoms with E-state index in [1.807, 2.05) is 0 Å². The van der Waals surface area contributed by atoms with Gasteiger partial charge < -0.3 is 9.84 Å². The van der Waals surface area contributed by atoms with Crippen LogP contribution in [0.5, 0.6) is 5.75 Å². The topological polar surface area (TPSA) is 95.9 Å². The summed E-state index contributed by atoms with van der Waals surface area (Å²) in [5.41, 5.74) is 0.223. The molecule has 2 aromatic carbocycles.